The Labute approximate surface area is 178 Å². The van der Waals surface area contributed by atoms with Gasteiger partial charge in [0.2, 0.25) is 5.82 Å². The van der Waals surface area contributed by atoms with Crippen LogP contribution in [0.15, 0.2) is 65.2 Å². The summed E-state index contributed by atoms with van der Waals surface area (Å²) in [5.74, 6) is -0.340. The molecule has 0 saturated heterocycles. The molecule has 0 aliphatic rings. The third kappa shape index (κ3) is 3.90. The lowest BCUT2D eigenvalue weighted by molar-refractivity contribution is 0.0595. The Kier molecular flexibility index (Phi) is 5.49. The Morgan fingerprint density at radius 3 is 2.45 bits per heavy atom. The second kappa shape index (κ2) is 8.39. The van der Waals surface area contributed by atoms with Crippen molar-refractivity contribution in [2.24, 2.45) is 0 Å². The minimum Gasteiger partial charge on any atom is -0.496 e. The highest BCUT2D eigenvalue weighted by atomic mass is 19.1. The summed E-state index contributed by atoms with van der Waals surface area (Å²) < 4.78 is 29.8. The zero-order chi connectivity index (χ0) is 22.0. The molecular formula is C24H19FN2O4. The number of aromatic nitrogens is 2. The van der Waals surface area contributed by atoms with Gasteiger partial charge in [0.05, 0.1) is 19.8 Å². The highest BCUT2D eigenvalue weighted by Crippen LogP contribution is 2.35. The number of methoxy groups -OCH3 is 2. The van der Waals surface area contributed by atoms with E-state index >= 15 is 0 Å². The number of benzene rings is 3. The van der Waals surface area contributed by atoms with Crippen LogP contribution in [0.5, 0.6) is 5.75 Å². The third-order valence-corrected chi connectivity index (χ3v) is 4.94. The number of hydrogen-bond donors (Lipinski definition) is 0. The topological polar surface area (TPSA) is 74.5 Å². The lowest BCUT2D eigenvalue weighted by atomic mass is 9.98. The van der Waals surface area contributed by atoms with Gasteiger partial charge in [-0.05, 0) is 54.4 Å². The first kappa shape index (κ1) is 20.3. The molecule has 0 radical (unpaired) electrons. The van der Waals surface area contributed by atoms with E-state index in [2.05, 4.69) is 14.9 Å². The van der Waals surface area contributed by atoms with Crippen LogP contribution in [0.4, 0.5) is 4.39 Å². The van der Waals surface area contributed by atoms with Crippen LogP contribution in [0.3, 0.4) is 0 Å². The van der Waals surface area contributed by atoms with Gasteiger partial charge in [0, 0.05) is 16.7 Å². The number of aryl methyl sites for hydroxylation is 1. The van der Waals surface area contributed by atoms with Crippen molar-refractivity contribution in [2.75, 3.05) is 14.2 Å². The molecule has 4 aromatic rings. The van der Waals surface area contributed by atoms with Gasteiger partial charge in [-0.15, -0.1) is 0 Å². The highest BCUT2D eigenvalue weighted by molar-refractivity contribution is 5.90. The van der Waals surface area contributed by atoms with E-state index < -0.39 is 11.8 Å². The van der Waals surface area contributed by atoms with Gasteiger partial charge in [-0.1, -0.05) is 29.4 Å². The number of esters is 1. The van der Waals surface area contributed by atoms with Crippen molar-refractivity contribution in [3.05, 3.63) is 77.6 Å². The molecule has 0 fully saturated rings. The second-order valence-corrected chi connectivity index (χ2v) is 6.84. The van der Waals surface area contributed by atoms with E-state index in [4.69, 9.17) is 9.26 Å². The molecule has 0 unspecified atom stereocenters. The van der Waals surface area contributed by atoms with Crippen LogP contribution in [0.2, 0.25) is 0 Å². The molecule has 4 rings (SSSR count). The number of carbonyl (C=O) groups excluding carboxylic acids is 1. The van der Waals surface area contributed by atoms with Crippen LogP contribution < -0.4 is 4.74 Å². The van der Waals surface area contributed by atoms with Crippen molar-refractivity contribution in [1.82, 2.24) is 10.1 Å². The molecule has 0 spiro atoms. The number of rotatable bonds is 5. The summed E-state index contributed by atoms with van der Waals surface area (Å²) in [5.41, 5.74) is 4.03. The summed E-state index contributed by atoms with van der Waals surface area (Å²) in [5, 5.41) is 3.94. The largest absolute Gasteiger partial charge is 0.496 e. The maximum atomic E-state index is 14.2. The van der Waals surface area contributed by atoms with Gasteiger partial charge in [-0.3, -0.25) is 0 Å². The summed E-state index contributed by atoms with van der Waals surface area (Å²) in [6.07, 6.45) is 0. The summed E-state index contributed by atoms with van der Waals surface area (Å²) in [6.45, 7) is 2.04. The van der Waals surface area contributed by atoms with Gasteiger partial charge < -0.3 is 14.0 Å². The van der Waals surface area contributed by atoms with E-state index in [1.165, 1.54) is 25.3 Å². The fourth-order valence-electron chi connectivity index (χ4n) is 3.31. The molecule has 156 valence electrons. The standard InChI is InChI=1S/C24H19FN2O4/c1-14-6-4-5-7-17(14)18-10-9-16(13-21(18)29-2)23-26-22(27-31-23)15-8-11-19(20(25)12-15)24(28)30-3/h4-13H,1-3H3. The van der Waals surface area contributed by atoms with E-state index in [9.17, 15) is 9.18 Å². The van der Waals surface area contributed by atoms with Crippen LogP contribution in [-0.2, 0) is 4.74 Å². The zero-order valence-corrected chi connectivity index (χ0v) is 17.2. The Bertz CT molecular complexity index is 1270. The number of ether oxygens (including phenoxy) is 2. The number of nitrogens with zero attached hydrogens (tertiary/aromatic N) is 2. The predicted octanol–water partition coefficient (Wildman–Crippen LogP) is 5.31. The molecule has 0 N–H and O–H groups in total. The molecule has 0 bridgehead atoms. The zero-order valence-electron chi connectivity index (χ0n) is 17.2. The van der Waals surface area contributed by atoms with Gasteiger partial charge >= 0.3 is 5.97 Å². The van der Waals surface area contributed by atoms with Crippen molar-refractivity contribution in [3.63, 3.8) is 0 Å². The Morgan fingerprint density at radius 2 is 1.74 bits per heavy atom. The quantitative estimate of drug-likeness (QED) is 0.409. The van der Waals surface area contributed by atoms with Crippen LogP contribution >= 0.6 is 0 Å². The molecule has 6 nitrogen and oxygen atoms in total. The molecule has 3 aromatic carbocycles. The summed E-state index contributed by atoms with van der Waals surface area (Å²) >= 11 is 0. The molecule has 0 atom stereocenters. The fourth-order valence-corrected chi connectivity index (χ4v) is 3.31. The van der Waals surface area contributed by atoms with Gasteiger partial charge in [0.15, 0.2) is 0 Å². The Balaban J connectivity index is 1.67. The molecule has 0 amide bonds. The first-order valence-corrected chi connectivity index (χ1v) is 9.48. The fraction of sp³-hybridized carbons (Fsp3) is 0.125. The van der Waals surface area contributed by atoms with E-state index in [-0.39, 0.29) is 17.3 Å². The number of carbonyl (C=O) groups is 1. The van der Waals surface area contributed by atoms with E-state index in [0.717, 1.165) is 16.7 Å². The predicted molar refractivity (Wildman–Crippen MR) is 113 cm³/mol. The van der Waals surface area contributed by atoms with E-state index in [1.807, 2.05) is 49.4 Å². The maximum Gasteiger partial charge on any atom is 0.340 e. The molecule has 0 aliphatic carbocycles. The molecule has 1 heterocycles. The van der Waals surface area contributed by atoms with Crippen molar-refractivity contribution >= 4 is 5.97 Å². The molecule has 0 aliphatic heterocycles. The first-order valence-electron chi connectivity index (χ1n) is 9.48. The lowest BCUT2D eigenvalue weighted by Gasteiger charge is -2.11. The average molecular weight is 418 g/mol. The van der Waals surface area contributed by atoms with Crippen molar-refractivity contribution in [3.8, 4) is 39.7 Å². The number of hydrogen-bond acceptors (Lipinski definition) is 6. The van der Waals surface area contributed by atoms with Crippen molar-refractivity contribution in [2.45, 2.75) is 6.92 Å². The summed E-state index contributed by atoms with van der Waals surface area (Å²) in [6, 6.07) is 17.7. The average Bonchev–Trinajstić information content (AvgIpc) is 3.29. The van der Waals surface area contributed by atoms with Gasteiger partial charge in [0.1, 0.15) is 11.6 Å². The lowest BCUT2D eigenvalue weighted by Crippen LogP contribution is -2.04. The molecular weight excluding hydrogens is 399 g/mol. The van der Waals surface area contributed by atoms with Crippen LogP contribution in [0.1, 0.15) is 15.9 Å². The minimum atomic E-state index is -0.751. The van der Waals surface area contributed by atoms with Gasteiger partial charge in [0.25, 0.3) is 5.89 Å². The number of halogens is 1. The van der Waals surface area contributed by atoms with Crippen molar-refractivity contribution in [1.29, 1.82) is 0 Å². The summed E-state index contributed by atoms with van der Waals surface area (Å²) in [4.78, 5) is 15.9. The molecule has 31 heavy (non-hydrogen) atoms. The first-order chi connectivity index (χ1) is 15.0. The normalized spacial score (nSPS) is 10.7. The Morgan fingerprint density at radius 1 is 0.968 bits per heavy atom. The molecule has 1 aromatic heterocycles. The van der Waals surface area contributed by atoms with Crippen LogP contribution in [0.25, 0.3) is 34.0 Å². The monoisotopic (exact) mass is 418 g/mol. The maximum absolute atomic E-state index is 14.2. The SMILES string of the molecule is COC(=O)c1ccc(-c2noc(-c3ccc(-c4ccccc4C)c(OC)c3)n2)cc1F. The van der Waals surface area contributed by atoms with Gasteiger partial charge in [-0.25, -0.2) is 9.18 Å². The smallest absolute Gasteiger partial charge is 0.340 e. The van der Waals surface area contributed by atoms with E-state index in [0.29, 0.717) is 16.9 Å². The van der Waals surface area contributed by atoms with E-state index in [1.54, 1.807) is 7.11 Å². The Hall–Kier alpha value is -4.00. The second-order valence-electron chi connectivity index (χ2n) is 6.84. The van der Waals surface area contributed by atoms with Crippen LogP contribution in [-0.4, -0.2) is 30.3 Å². The molecule has 0 saturated carbocycles. The van der Waals surface area contributed by atoms with Gasteiger partial charge in [-0.2, -0.15) is 4.98 Å². The third-order valence-electron chi connectivity index (χ3n) is 4.94. The van der Waals surface area contributed by atoms with Crippen molar-refractivity contribution < 1.29 is 23.2 Å². The minimum absolute atomic E-state index is 0.161. The summed E-state index contributed by atoms with van der Waals surface area (Å²) in [7, 11) is 2.80. The van der Waals surface area contributed by atoms with Crippen LogP contribution in [0, 0.1) is 12.7 Å². The molecule has 7 heteroatoms. The highest BCUT2D eigenvalue weighted by Gasteiger charge is 2.17.